The van der Waals surface area contributed by atoms with E-state index in [4.69, 9.17) is 9.47 Å². The van der Waals surface area contributed by atoms with Gasteiger partial charge in [0.25, 0.3) is 5.91 Å². The third-order valence-corrected chi connectivity index (χ3v) is 4.72. The van der Waals surface area contributed by atoms with Gasteiger partial charge < -0.3 is 14.4 Å². The molecule has 6 heteroatoms. The van der Waals surface area contributed by atoms with Gasteiger partial charge in [0.1, 0.15) is 5.82 Å². The summed E-state index contributed by atoms with van der Waals surface area (Å²) in [6.07, 6.45) is 2.99. The van der Waals surface area contributed by atoms with E-state index in [9.17, 15) is 13.6 Å². The zero-order valence-corrected chi connectivity index (χ0v) is 13.2. The van der Waals surface area contributed by atoms with Gasteiger partial charge in [0, 0.05) is 25.8 Å². The van der Waals surface area contributed by atoms with Gasteiger partial charge in [-0.05, 0) is 44.7 Å². The monoisotopic (exact) mass is 325 g/mol. The normalized spacial score (nSPS) is 21.4. The van der Waals surface area contributed by atoms with E-state index in [0.29, 0.717) is 13.1 Å². The molecule has 3 rings (SSSR count). The van der Waals surface area contributed by atoms with Gasteiger partial charge >= 0.3 is 0 Å². The summed E-state index contributed by atoms with van der Waals surface area (Å²) in [5, 5.41) is 0. The number of benzene rings is 1. The lowest BCUT2D eigenvalue weighted by Crippen LogP contribution is -2.49. The van der Waals surface area contributed by atoms with Gasteiger partial charge in [-0.25, -0.2) is 8.78 Å². The van der Waals surface area contributed by atoms with Gasteiger partial charge in [0.2, 0.25) is 0 Å². The van der Waals surface area contributed by atoms with E-state index in [1.807, 2.05) is 0 Å². The fourth-order valence-corrected chi connectivity index (χ4v) is 3.35. The zero-order chi connectivity index (χ0) is 16.4. The molecule has 0 radical (unpaired) electrons. The number of nitrogens with zero attached hydrogens (tertiary/aromatic N) is 1. The number of carbonyl (C=O) groups is 1. The molecule has 2 saturated heterocycles. The molecule has 0 N–H and O–H groups in total. The number of carbonyl (C=O) groups excluding carboxylic acids is 1. The molecular weight excluding hydrogens is 304 g/mol. The molecule has 2 aliphatic rings. The van der Waals surface area contributed by atoms with Crippen LogP contribution >= 0.6 is 0 Å². The first kappa shape index (κ1) is 16.2. The molecule has 2 heterocycles. The largest absolute Gasteiger partial charge is 0.478 e. The van der Waals surface area contributed by atoms with Crippen LogP contribution in [0.25, 0.3) is 0 Å². The number of amides is 1. The summed E-state index contributed by atoms with van der Waals surface area (Å²) in [7, 11) is 0. The lowest BCUT2D eigenvalue weighted by atomic mass is 9.88. The van der Waals surface area contributed by atoms with E-state index in [2.05, 4.69) is 0 Å². The summed E-state index contributed by atoms with van der Waals surface area (Å²) >= 11 is 0. The first-order valence-corrected chi connectivity index (χ1v) is 8.04. The molecule has 126 valence electrons. The summed E-state index contributed by atoms with van der Waals surface area (Å²) < 4.78 is 37.7. The average molecular weight is 325 g/mol. The van der Waals surface area contributed by atoms with Gasteiger partial charge in [-0.3, -0.25) is 4.79 Å². The molecule has 0 bridgehead atoms. The van der Waals surface area contributed by atoms with Crippen LogP contribution in [0.15, 0.2) is 18.2 Å². The van der Waals surface area contributed by atoms with Gasteiger partial charge in [0.15, 0.2) is 17.7 Å². The molecule has 0 aliphatic carbocycles. The Balaban J connectivity index is 1.57. The smallest absolute Gasteiger partial charge is 0.263 e. The molecule has 1 amide bonds. The standard InChI is InChI=1S/C17H21F2NO3/c1-12(23-15-4-3-13(18)11-14(15)19)16(21)20-8-6-17(7-9-20)5-2-10-22-17/h3-4,11-12H,2,5-10H2,1H3/t12-/m1/s1. The number of halogens is 2. The highest BCUT2D eigenvalue weighted by Gasteiger charge is 2.40. The minimum atomic E-state index is -0.812. The molecule has 2 fully saturated rings. The summed E-state index contributed by atoms with van der Waals surface area (Å²) in [6, 6.07) is 3.05. The summed E-state index contributed by atoms with van der Waals surface area (Å²) in [5.41, 5.74) is -0.0516. The fourth-order valence-electron chi connectivity index (χ4n) is 3.35. The van der Waals surface area contributed by atoms with Crippen molar-refractivity contribution in [1.82, 2.24) is 4.90 Å². The van der Waals surface area contributed by atoms with Crippen molar-refractivity contribution in [3.63, 3.8) is 0 Å². The first-order valence-electron chi connectivity index (χ1n) is 8.04. The summed E-state index contributed by atoms with van der Waals surface area (Å²) in [6.45, 7) is 3.63. The lowest BCUT2D eigenvalue weighted by Gasteiger charge is -2.39. The average Bonchev–Trinajstić information content (AvgIpc) is 2.98. The molecule has 1 aromatic rings. The van der Waals surface area contributed by atoms with Crippen molar-refractivity contribution in [2.75, 3.05) is 19.7 Å². The molecular formula is C17H21F2NO3. The maximum atomic E-state index is 13.6. The van der Waals surface area contributed by atoms with Crippen molar-refractivity contribution in [1.29, 1.82) is 0 Å². The number of ether oxygens (including phenoxy) is 2. The minimum absolute atomic E-state index is 0.0516. The minimum Gasteiger partial charge on any atom is -0.478 e. The van der Waals surface area contributed by atoms with Crippen LogP contribution in [0, 0.1) is 11.6 Å². The number of hydrogen-bond acceptors (Lipinski definition) is 3. The van der Waals surface area contributed by atoms with Crippen LogP contribution in [0.5, 0.6) is 5.75 Å². The highest BCUT2D eigenvalue weighted by atomic mass is 19.1. The van der Waals surface area contributed by atoms with Crippen LogP contribution in [0.1, 0.15) is 32.6 Å². The fraction of sp³-hybridized carbons (Fsp3) is 0.588. The van der Waals surface area contributed by atoms with E-state index in [0.717, 1.165) is 44.4 Å². The number of rotatable bonds is 3. The predicted octanol–water partition coefficient (Wildman–Crippen LogP) is 2.90. The van der Waals surface area contributed by atoms with Crippen LogP contribution in [0.4, 0.5) is 8.78 Å². The Bertz CT molecular complexity index is 577. The molecule has 0 saturated carbocycles. The van der Waals surface area contributed by atoms with Gasteiger partial charge in [-0.1, -0.05) is 0 Å². The maximum Gasteiger partial charge on any atom is 0.263 e. The quantitative estimate of drug-likeness (QED) is 0.858. The Kier molecular flexibility index (Phi) is 4.53. The van der Waals surface area contributed by atoms with Gasteiger partial charge in [-0.15, -0.1) is 0 Å². The van der Waals surface area contributed by atoms with Crippen molar-refractivity contribution in [2.24, 2.45) is 0 Å². The molecule has 1 atom stereocenters. The molecule has 23 heavy (non-hydrogen) atoms. The van der Waals surface area contributed by atoms with Crippen LogP contribution in [-0.4, -0.2) is 42.2 Å². The Morgan fingerprint density at radius 3 is 2.65 bits per heavy atom. The Labute approximate surface area is 134 Å². The third-order valence-electron chi connectivity index (χ3n) is 4.72. The van der Waals surface area contributed by atoms with E-state index < -0.39 is 17.7 Å². The summed E-state index contributed by atoms with van der Waals surface area (Å²) in [4.78, 5) is 14.2. The van der Waals surface area contributed by atoms with Crippen LogP contribution in [0.2, 0.25) is 0 Å². The van der Waals surface area contributed by atoms with Crippen molar-refractivity contribution in [3.8, 4) is 5.75 Å². The zero-order valence-electron chi connectivity index (χ0n) is 13.2. The molecule has 1 aromatic carbocycles. The van der Waals surface area contributed by atoms with Crippen molar-refractivity contribution >= 4 is 5.91 Å². The Hall–Kier alpha value is -1.69. The SMILES string of the molecule is C[C@@H](Oc1ccc(F)cc1F)C(=O)N1CCC2(CCCO2)CC1. The van der Waals surface area contributed by atoms with Crippen LogP contribution < -0.4 is 4.74 Å². The first-order chi connectivity index (χ1) is 11.0. The number of piperidine rings is 1. The number of hydrogen-bond donors (Lipinski definition) is 0. The van der Waals surface area contributed by atoms with Crippen LogP contribution in [-0.2, 0) is 9.53 Å². The van der Waals surface area contributed by atoms with Crippen molar-refractivity contribution < 1.29 is 23.0 Å². The Morgan fingerprint density at radius 1 is 1.30 bits per heavy atom. The highest BCUT2D eigenvalue weighted by Crippen LogP contribution is 2.35. The highest BCUT2D eigenvalue weighted by molar-refractivity contribution is 5.81. The van der Waals surface area contributed by atoms with Crippen molar-refractivity contribution in [2.45, 2.75) is 44.3 Å². The lowest BCUT2D eigenvalue weighted by molar-refractivity contribution is -0.142. The van der Waals surface area contributed by atoms with E-state index in [1.54, 1.807) is 11.8 Å². The second-order valence-corrected chi connectivity index (χ2v) is 6.30. The predicted molar refractivity (Wildman–Crippen MR) is 80.2 cm³/mol. The Morgan fingerprint density at radius 2 is 2.04 bits per heavy atom. The molecule has 1 spiro atoms. The van der Waals surface area contributed by atoms with Crippen LogP contribution in [0.3, 0.4) is 0 Å². The van der Waals surface area contributed by atoms with E-state index in [1.165, 1.54) is 6.07 Å². The van der Waals surface area contributed by atoms with Gasteiger partial charge in [0.05, 0.1) is 5.60 Å². The maximum absolute atomic E-state index is 13.6. The second-order valence-electron chi connectivity index (χ2n) is 6.30. The van der Waals surface area contributed by atoms with Crippen molar-refractivity contribution in [3.05, 3.63) is 29.8 Å². The second kappa shape index (κ2) is 6.43. The molecule has 2 aliphatic heterocycles. The molecule has 4 nitrogen and oxygen atoms in total. The molecule has 0 aromatic heterocycles. The van der Waals surface area contributed by atoms with E-state index >= 15 is 0 Å². The van der Waals surface area contributed by atoms with E-state index in [-0.39, 0.29) is 17.3 Å². The summed E-state index contributed by atoms with van der Waals surface area (Å²) in [5.74, 6) is -1.77. The third kappa shape index (κ3) is 3.47. The topological polar surface area (TPSA) is 38.8 Å². The van der Waals surface area contributed by atoms with Gasteiger partial charge in [-0.2, -0.15) is 0 Å². The number of likely N-dealkylation sites (tertiary alicyclic amines) is 1. The molecule has 0 unspecified atom stereocenters.